The van der Waals surface area contributed by atoms with Crippen LogP contribution < -0.4 is 16.0 Å². The van der Waals surface area contributed by atoms with Gasteiger partial charge in [-0.05, 0) is 44.0 Å². The molecular formula is C14H20BrN3O. The van der Waals surface area contributed by atoms with Gasteiger partial charge in [0.2, 0.25) is 5.91 Å². The molecule has 1 amide bonds. The first-order valence-electron chi connectivity index (χ1n) is 6.57. The Balaban J connectivity index is 2.44. The monoisotopic (exact) mass is 325 g/mol. The number of benzene rings is 1. The highest BCUT2D eigenvalue weighted by molar-refractivity contribution is 9.10. The molecule has 0 radical (unpaired) electrons. The Bertz CT molecular complexity index is 478. The SMILES string of the molecule is Cc1cc(Br)ccc1N1C(C)CCNC(=O)C1CN. The Kier molecular flexibility index (Phi) is 4.47. The number of amides is 1. The van der Waals surface area contributed by atoms with Crippen LogP contribution in [0.3, 0.4) is 0 Å². The molecule has 19 heavy (non-hydrogen) atoms. The maximum atomic E-state index is 12.1. The van der Waals surface area contributed by atoms with Crippen LogP contribution in [0.1, 0.15) is 18.9 Å². The highest BCUT2D eigenvalue weighted by Crippen LogP contribution is 2.28. The largest absolute Gasteiger partial charge is 0.355 e. The van der Waals surface area contributed by atoms with Crippen molar-refractivity contribution in [3.8, 4) is 0 Å². The molecule has 1 fully saturated rings. The Morgan fingerprint density at radius 3 is 2.89 bits per heavy atom. The molecule has 1 saturated heterocycles. The fourth-order valence-corrected chi connectivity index (χ4v) is 3.10. The van der Waals surface area contributed by atoms with Gasteiger partial charge in [-0.2, -0.15) is 0 Å². The highest BCUT2D eigenvalue weighted by atomic mass is 79.9. The molecule has 2 rings (SSSR count). The Labute approximate surface area is 122 Å². The number of hydrogen-bond donors (Lipinski definition) is 2. The van der Waals surface area contributed by atoms with Crippen LogP contribution in [0.2, 0.25) is 0 Å². The van der Waals surface area contributed by atoms with Crippen LogP contribution in [0.25, 0.3) is 0 Å². The topological polar surface area (TPSA) is 58.4 Å². The van der Waals surface area contributed by atoms with E-state index >= 15 is 0 Å². The summed E-state index contributed by atoms with van der Waals surface area (Å²) in [6.07, 6.45) is 0.928. The average Bonchev–Trinajstić information content (AvgIpc) is 2.49. The van der Waals surface area contributed by atoms with E-state index in [9.17, 15) is 4.79 Å². The summed E-state index contributed by atoms with van der Waals surface area (Å²) < 4.78 is 1.05. The van der Waals surface area contributed by atoms with Crippen LogP contribution >= 0.6 is 15.9 Å². The minimum absolute atomic E-state index is 0.0224. The standard InChI is InChI=1S/C14H20BrN3O/c1-9-7-11(15)3-4-12(9)18-10(2)5-6-17-14(19)13(18)8-16/h3-4,7,10,13H,5-6,8,16H2,1-2H3,(H,17,19). The number of aryl methyl sites for hydroxylation is 1. The number of halogens is 1. The minimum atomic E-state index is -0.294. The van der Waals surface area contributed by atoms with E-state index < -0.39 is 0 Å². The summed E-state index contributed by atoms with van der Waals surface area (Å²) in [5.41, 5.74) is 8.06. The fourth-order valence-electron chi connectivity index (χ4n) is 2.63. The van der Waals surface area contributed by atoms with Crippen LogP contribution in [0, 0.1) is 6.92 Å². The predicted octanol–water partition coefficient (Wildman–Crippen LogP) is 1.80. The van der Waals surface area contributed by atoms with Gasteiger partial charge in [0.05, 0.1) is 0 Å². The van der Waals surface area contributed by atoms with Gasteiger partial charge >= 0.3 is 0 Å². The second-order valence-electron chi connectivity index (χ2n) is 5.02. The molecule has 104 valence electrons. The maximum absolute atomic E-state index is 12.1. The van der Waals surface area contributed by atoms with Gasteiger partial charge in [0.15, 0.2) is 0 Å². The van der Waals surface area contributed by atoms with Gasteiger partial charge < -0.3 is 16.0 Å². The van der Waals surface area contributed by atoms with E-state index in [2.05, 4.69) is 52.1 Å². The molecule has 1 aliphatic rings. The molecule has 1 aliphatic heterocycles. The average molecular weight is 326 g/mol. The number of carbonyl (C=O) groups excluding carboxylic acids is 1. The van der Waals surface area contributed by atoms with Crippen molar-refractivity contribution in [3.63, 3.8) is 0 Å². The molecule has 4 nitrogen and oxygen atoms in total. The van der Waals surface area contributed by atoms with Crippen molar-refractivity contribution in [1.29, 1.82) is 0 Å². The zero-order chi connectivity index (χ0) is 14.0. The zero-order valence-corrected chi connectivity index (χ0v) is 12.9. The molecule has 1 aromatic carbocycles. The molecule has 0 bridgehead atoms. The molecule has 0 aliphatic carbocycles. The van der Waals surface area contributed by atoms with Crippen molar-refractivity contribution in [2.24, 2.45) is 5.73 Å². The van der Waals surface area contributed by atoms with E-state index in [1.54, 1.807) is 0 Å². The summed E-state index contributed by atoms with van der Waals surface area (Å²) in [5, 5.41) is 2.94. The van der Waals surface area contributed by atoms with Crippen LogP contribution in [0.15, 0.2) is 22.7 Å². The first kappa shape index (κ1) is 14.3. The van der Waals surface area contributed by atoms with Crippen molar-refractivity contribution < 1.29 is 4.79 Å². The quantitative estimate of drug-likeness (QED) is 0.871. The molecule has 2 atom stereocenters. The second-order valence-corrected chi connectivity index (χ2v) is 5.93. The van der Waals surface area contributed by atoms with Gasteiger partial charge in [-0.1, -0.05) is 15.9 Å². The van der Waals surface area contributed by atoms with E-state index in [0.717, 1.165) is 22.1 Å². The van der Waals surface area contributed by atoms with Crippen LogP contribution in [-0.4, -0.2) is 31.1 Å². The van der Waals surface area contributed by atoms with Crippen LogP contribution in [0.5, 0.6) is 0 Å². The molecule has 0 aromatic heterocycles. The maximum Gasteiger partial charge on any atom is 0.244 e. The van der Waals surface area contributed by atoms with E-state index in [0.29, 0.717) is 13.1 Å². The van der Waals surface area contributed by atoms with Crippen molar-refractivity contribution in [2.75, 3.05) is 18.0 Å². The van der Waals surface area contributed by atoms with Gasteiger partial charge in [0.1, 0.15) is 6.04 Å². The lowest BCUT2D eigenvalue weighted by molar-refractivity contribution is -0.121. The van der Waals surface area contributed by atoms with Gasteiger partial charge in [-0.25, -0.2) is 0 Å². The van der Waals surface area contributed by atoms with Crippen molar-refractivity contribution >= 4 is 27.5 Å². The van der Waals surface area contributed by atoms with E-state index in [1.165, 1.54) is 0 Å². The number of rotatable bonds is 2. The molecule has 0 spiro atoms. The third-order valence-corrected chi connectivity index (χ3v) is 4.13. The fraction of sp³-hybridized carbons (Fsp3) is 0.500. The van der Waals surface area contributed by atoms with Crippen molar-refractivity contribution in [2.45, 2.75) is 32.4 Å². The lowest BCUT2D eigenvalue weighted by Gasteiger charge is -2.35. The summed E-state index contributed by atoms with van der Waals surface area (Å²) in [4.78, 5) is 14.3. The lowest BCUT2D eigenvalue weighted by Crippen LogP contribution is -2.51. The highest BCUT2D eigenvalue weighted by Gasteiger charge is 2.31. The van der Waals surface area contributed by atoms with Crippen LogP contribution in [0.4, 0.5) is 5.69 Å². The number of nitrogens with two attached hydrogens (primary N) is 1. The molecule has 2 unspecified atom stereocenters. The summed E-state index contributed by atoms with van der Waals surface area (Å²) >= 11 is 3.47. The second kappa shape index (κ2) is 5.92. The summed E-state index contributed by atoms with van der Waals surface area (Å²) in [7, 11) is 0. The Morgan fingerprint density at radius 2 is 2.26 bits per heavy atom. The smallest absolute Gasteiger partial charge is 0.244 e. The van der Waals surface area contributed by atoms with Crippen molar-refractivity contribution in [3.05, 3.63) is 28.2 Å². The van der Waals surface area contributed by atoms with E-state index in [1.807, 2.05) is 6.07 Å². The van der Waals surface area contributed by atoms with Gasteiger partial charge in [-0.3, -0.25) is 4.79 Å². The first-order chi connectivity index (χ1) is 9.04. The summed E-state index contributed by atoms with van der Waals surface area (Å²) in [5.74, 6) is 0.0224. The number of anilines is 1. The molecular weight excluding hydrogens is 306 g/mol. The van der Waals surface area contributed by atoms with E-state index in [4.69, 9.17) is 5.73 Å². The van der Waals surface area contributed by atoms with Gasteiger partial charge in [-0.15, -0.1) is 0 Å². The Hall–Kier alpha value is -1.07. The van der Waals surface area contributed by atoms with Crippen molar-refractivity contribution in [1.82, 2.24) is 5.32 Å². The molecule has 5 heteroatoms. The third-order valence-electron chi connectivity index (χ3n) is 3.63. The molecule has 1 aromatic rings. The molecule has 1 heterocycles. The van der Waals surface area contributed by atoms with Gasteiger partial charge in [0.25, 0.3) is 0 Å². The zero-order valence-electron chi connectivity index (χ0n) is 11.3. The summed E-state index contributed by atoms with van der Waals surface area (Å²) in [6.45, 7) is 5.24. The first-order valence-corrected chi connectivity index (χ1v) is 7.36. The number of nitrogens with one attached hydrogen (secondary N) is 1. The lowest BCUT2D eigenvalue weighted by atomic mass is 10.1. The van der Waals surface area contributed by atoms with Crippen LogP contribution in [-0.2, 0) is 4.79 Å². The molecule has 3 N–H and O–H groups in total. The third kappa shape index (κ3) is 2.92. The summed E-state index contributed by atoms with van der Waals surface area (Å²) in [6, 6.07) is 6.12. The number of carbonyl (C=O) groups is 1. The van der Waals surface area contributed by atoms with Gasteiger partial charge in [0, 0.05) is 29.3 Å². The minimum Gasteiger partial charge on any atom is -0.355 e. The normalized spacial score (nSPS) is 24.0. The number of nitrogens with zero attached hydrogens (tertiary/aromatic N) is 1. The predicted molar refractivity (Wildman–Crippen MR) is 81.3 cm³/mol. The number of hydrogen-bond acceptors (Lipinski definition) is 3. The Morgan fingerprint density at radius 1 is 1.53 bits per heavy atom. The van der Waals surface area contributed by atoms with E-state index in [-0.39, 0.29) is 18.0 Å². The molecule has 0 saturated carbocycles.